The van der Waals surface area contributed by atoms with Crippen LogP contribution < -0.4 is 9.80 Å². The van der Waals surface area contributed by atoms with Crippen LogP contribution in [0, 0.1) is 18.7 Å². The molecular weight excluding hydrogens is 507 g/mol. The van der Waals surface area contributed by atoms with E-state index in [-0.39, 0.29) is 0 Å². The van der Waals surface area contributed by atoms with Gasteiger partial charge in [-0.25, -0.2) is 9.37 Å². The van der Waals surface area contributed by atoms with Crippen molar-refractivity contribution in [1.29, 1.82) is 0 Å². The third-order valence-electron chi connectivity index (χ3n) is 8.11. The molecule has 9 heteroatoms. The van der Waals surface area contributed by atoms with Gasteiger partial charge < -0.3 is 14.7 Å². The molecule has 4 aromatic rings. The summed E-state index contributed by atoms with van der Waals surface area (Å²) in [7, 11) is 4.17. The molecule has 2 aliphatic heterocycles. The minimum Gasteiger partial charge on any atom is -0.353 e. The highest BCUT2D eigenvalue weighted by Crippen LogP contribution is 2.44. The Labute approximate surface area is 226 Å². The molecule has 0 saturated carbocycles. The molecule has 2 aromatic carbocycles. The van der Waals surface area contributed by atoms with E-state index < -0.39 is 5.82 Å². The lowest BCUT2D eigenvalue weighted by molar-refractivity contribution is 0.245. The molecule has 0 unspecified atom stereocenters. The van der Waals surface area contributed by atoms with E-state index in [2.05, 4.69) is 47.0 Å². The number of rotatable bonds is 4. The number of likely N-dealkylation sites (N-methyl/N-ethyl adjacent to an activating group) is 1. The van der Waals surface area contributed by atoms with Crippen molar-refractivity contribution in [3.63, 3.8) is 0 Å². The first-order chi connectivity index (χ1) is 17.7. The molecule has 6 rings (SSSR count). The zero-order chi connectivity index (χ0) is 26.0. The van der Waals surface area contributed by atoms with Gasteiger partial charge in [0.2, 0.25) is 5.95 Å². The molecule has 0 radical (unpaired) electrons. The van der Waals surface area contributed by atoms with Gasteiger partial charge in [-0.1, -0.05) is 24.6 Å². The second-order valence-corrected chi connectivity index (χ2v) is 12.2. The summed E-state index contributed by atoms with van der Waals surface area (Å²) in [5.74, 6) is 1.52. The maximum absolute atomic E-state index is 16.7. The van der Waals surface area contributed by atoms with Crippen LogP contribution in [-0.2, 0) is 0 Å². The highest BCUT2D eigenvalue weighted by Gasteiger charge is 2.34. The zero-order valence-corrected chi connectivity index (χ0v) is 23.5. The second-order valence-electron chi connectivity index (χ2n) is 11.0. The summed E-state index contributed by atoms with van der Waals surface area (Å²) in [6, 6.07) is 6.65. The molecule has 194 valence electrons. The molecule has 0 bridgehead atoms. The van der Waals surface area contributed by atoms with E-state index in [0.717, 1.165) is 53.1 Å². The summed E-state index contributed by atoms with van der Waals surface area (Å²) in [4.78, 5) is 16.6. The molecule has 4 heterocycles. The van der Waals surface area contributed by atoms with Crippen molar-refractivity contribution >= 4 is 55.9 Å². The van der Waals surface area contributed by atoms with Gasteiger partial charge in [0.1, 0.15) is 11.3 Å². The van der Waals surface area contributed by atoms with Crippen LogP contribution in [0.3, 0.4) is 0 Å². The van der Waals surface area contributed by atoms with E-state index in [0.29, 0.717) is 45.4 Å². The number of aryl methyl sites for hydroxylation is 1. The minimum absolute atomic E-state index is 0.308. The Bertz CT molecular complexity index is 1500. The number of anilines is 2. The van der Waals surface area contributed by atoms with Crippen molar-refractivity contribution in [2.45, 2.75) is 45.7 Å². The van der Waals surface area contributed by atoms with Crippen molar-refractivity contribution in [2.24, 2.45) is 5.92 Å². The number of fused-ring (bicyclic) bond motifs is 2. The number of hydrogen-bond acceptors (Lipinski definition) is 7. The van der Waals surface area contributed by atoms with Crippen molar-refractivity contribution < 1.29 is 4.39 Å². The SMILES string of the molecule is Cc1ccc2sncc2c1-c1c(Cl)cc2c(N3C[C@@H](C)CC[C@@H]3C)nc(N3CC(N(C)C)C3)nc2c1F. The van der Waals surface area contributed by atoms with Gasteiger partial charge >= 0.3 is 0 Å². The monoisotopic (exact) mass is 538 g/mol. The van der Waals surface area contributed by atoms with E-state index in [1.165, 1.54) is 18.0 Å². The third-order valence-corrected chi connectivity index (χ3v) is 9.17. The fraction of sp³-hybridized carbons (Fsp3) is 0.464. The number of halogens is 2. The number of piperidine rings is 1. The maximum Gasteiger partial charge on any atom is 0.228 e. The van der Waals surface area contributed by atoms with Gasteiger partial charge in [0.05, 0.1) is 9.72 Å². The Balaban J connectivity index is 1.58. The van der Waals surface area contributed by atoms with E-state index >= 15 is 4.39 Å². The highest BCUT2D eigenvalue weighted by molar-refractivity contribution is 7.13. The number of hydrogen-bond donors (Lipinski definition) is 0. The standard InChI is InChI=1S/C28H32ClFN6S/c1-15-6-8-17(3)36(12-15)27-19-10-21(29)24(23-16(2)7-9-22-20(23)11-31-37-22)25(30)26(19)32-28(33-27)35-13-18(14-35)34(4)5/h7,9-11,15,17-18H,6,8,12-14H2,1-5H3/t15-,17-/m0/s1. The van der Waals surface area contributed by atoms with Gasteiger partial charge in [-0.15, -0.1) is 0 Å². The molecule has 0 N–H and O–H groups in total. The molecule has 2 aromatic heterocycles. The quantitative estimate of drug-likeness (QED) is 0.300. The van der Waals surface area contributed by atoms with Gasteiger partial charge in [0, 0.05) is 54.3 Å². The van der Waals surface area contributed by atoms with E-state index in [1.54, 1.807) is 6.20 Å². The van der Waals surface area contributed by atoms with E-state index in [4.69, 9.17) is 21.6 Å². The minimum atomic E-state index is -0.392. The molecular formula is C28H32ClFN6S. The maximum atomic E-state index is 16.7. The third kappa shape index (κ3) is 4.14. The molecule has 2 atom stereocenters. The van der Waals surface area contributed by atoms with Crippen LogP contribution in [0.1, 0.15) is 32.3 Å². The Kier molecular flexibility index (Phi) is 6.24. The topological polar surface area (TPSA) is 48.4 Å². The molecule has 2 aliphatic rings. The Morgan fingerprint density at radius 1 is 1.05 bits per heavy atom. The molecule has 0 amide bonds. The summed E-state index contributed by atoms with van der Waals surface area (Å²) in [5, 5.41) is 1.96. The first-order valence-electron chi connectivity index (χ1n) is 12.9. The van der Waals surface area contributed by atoms with Crippen LogP contribution in [-0.4, -0.2) is 65.1 Å². The van der Waals surface area contributed by atoms with Crippen molar-refractivity contribution in [3.05, 3.63) is 40.8 Å². The predicted octanol–water partition coefficient (Wildman–Crippen LogP) is 6.38. The Morgan fingerprint density at radius 2 is 1.84 bits per heavy atom. The average molecular weight is 539 g/mol. The molecule has 6 nitrogen and oxygen atoms in total. The van der Waals surface area contributed by atoms with Crippen LogP contribution in [0.15, 0.2) is 24.4 Å². The van der Waals surface area contributed by atoms with E-state index in [1.807, 2.05) is 25.1 Å². The fourth-order valence-electron chi connectivity index (χ4n) is 5.67. The number of nitrogens with zero attached hydrogens (tertiary/aromatic N) is 6. The lowest BCUT2D eigenvalue weighted by Gasteiger charge is -2.43. The van der Waals surface area contributed by atoms with Gasteiger partial charge in [-0.05, 0) is 81.5 Å². The first kappa shape index (κ1) is 24.8. The molecule has 37 heavy (non-hydrogen) atoms. The fourth-order valence-corrected chi connectivity index (χ4v) is 6.61. The van der Waals surface area contributed by atoms with Crippen LogP contribution in [0.25, 0.3) is 32.1 Å². The summed E-state index contributed by atoms with van der Waals surface area (Å²) in [6.07, 6.45) is 4.06. The zero-order valence-electron chi connectivity index (χ0n) is 21.9. The second kappa shape index (κ2) is 9.33. The molecule has 2 saturated heterocycles. The van der Waals surface area contributed by atoms with Crippen molar-refractivity contribution in [1.82, 2.24) is 19.2 Å². The van der Waals surface area contributed by atoms with Gasteiger partial charge in [0.25, 0.3) is 0 Å². The van der Waals surface area contributed by atoms with Crippen LogP contribution in [0.2, 0.25) is 5.02 Å². The van der Waals surface area contributed by atoms with Crippen molar-refractivity contribution in [3.8, 4) is 11.1 Å². The van der Waals surface area contributed by atoms with Crippen LogP contribution in [0.4, 0.5) is 16.2 Å². The lowest BCUT2D eigenvalue weighted by atomic mass is 9.93. The Hall–Kier alpha value is -2.55. The summed E-state index contributed by atoms with van der Waals surface area (Å²) in [6.45, 7) is 9.01. The Morgan fingerprint density at radius 3 is 2.59 bits per heavy atom. The number of aromatic nitrogens is 3. The van der Waals surface area contributed by atoms with Crippen LogP contribution >= 0.6 is 23.1 Å². The van der Waals surface area contributed by atoms with E-state index in [9.17, 15) is 0 Å². The summed E-state index contributed by atoms with van der Waals surface area (Å²) >= 11 is 8.31. The smallest absolute Gasteiger partial charge is 0.228 e. The van der Waals surface area contributed by atoms with Crippen molar-refractivity contribution in [2.75, 3.05) is 43.5 Å². The summed E-state index contributed by atoms with van der Waals surface area (Å²) < 4.78 is 22.0. The van der Waals surface area contributed by atoms with Gasteiger partial charge in [0.15, 0.2) is 5.82 Å². The van der Waals surface area contributed by atoms with Gasteiger partial charge in [-0.2, -0.15) is 9.36 Å². The number of benzene rings is 2. The predicted molar refractivity (Wildman–Crippen MR) is 153 cm³/mol. The molecule has 0 spiro atoms. The highest BCUT2D eigenvalue weighted by atomic mass is 35.5. The summed E-state index contributed by atoms with van der Waals surface area (Å²) in [5.41, 5.74) is 2.46. The first-order valence-corrected chi connectivity index (χ1v) is 14.1. The normalized spacial score (nSPS) is 20.9. The largest absolute Gasteiger partial charge is 0.353 e. The van der Waals surface area contributed by atoms with Gasteiger partial charge in [-0.3, -0.25) is 0 Å². The van der Waals surface area contributed by atoms with Crippen LogP contribution in [0.5, 0.6) is 0 Å². The average Bonchev–Trinajstić information content (AvgIpc) is 3.30. The molecule has 2 fully saturated rings. The molecule has 0 aliphatic carbocycles. The lowest BCUT2D eigenvalue weighted by Crippen LogP contribution is -2.58.